The predicted molar refractivity (Wildman–Crippen MR) is 128 cm³/mol. The van der Waals surface area contributed by atoms with Crippen LogP contribution in [0.25, 0.3) is 16.6 Å². The molecule has 0 saturated carbocycles. The maximum absolute atomic E-state index is 14.7. The number of hydrogen-bond donors (Lipinski definition) is 2. The number of aromatic amines is 1. The van der Waals surface area contributed by atoms with Crippen LogP contribution in [0.15, 0.2) is 45.3 Å². The Hall–Kier alpha value is -4.10. The molecule has 0 aliphatic rings. The Morgan fingerprint density at radius 1 is 1.08 bits per heavy atom. The van der Waals surface area contributed by atoms with Gasteiger partial charge in [0, 0.05) is 12.0 Å². The number of ether oxygens (including phenoxy) is 3. The normalized spacial score (nSPS) is 11.1. The van der Waals surface area contributed by atoms with E-state index in [1.807, 2.05) is 0 Å². The number of nitrogens with zero attached hydrogens (tertiary/aromatic N) is 1. The van der Waals surface area contributed by atoms with E-state index in [0.29, 0.717) is 11.2 Å². The fourth-order valence-electron chi connectivity index (χ4n) is 3.51. The molecule has 4 rings (SSSR count). The minimum Gasteiger partial charge on any atom is -0.487 e. The molecule has 0 saturated heterocycles. The molecule has 2 aromatic carbocycles. The van der Waals surface area contributed by atoms with Gasteiger partial charge in [0.1, 0.15) is 23.9 Å². The van der Waals surface area contributed by atoms with E-state index in [1.165, 1.54) is 17.5 Å². The Kier molecular flexibility index (Phi) is 7.64. The molecule has 0 atom stereocenters. The zero-order valence-electron chi connectivity index (χ0n) is 19.2. The Morgan fingerprint density at radius 2 is 1.84 bits per heavy atom. The van der Waals surface area contributed by atoms with E-state index in [9.17, 15) is 32.7 Å². The van der Waals surface area contributed by atoms with Crippen LogP contribution in [-0.2, 0) is 11.3 Å². The number of fused-ring (bicyclic) bond motifs is 1. The molecule has 0 aliphatic heterocycles. The summed E-state index contributed by atoms with van der Waals surface area (Å²) in [7, 11) is 0. The highest BCUT2D eigenvalue weighted by Gasteiger charge is 2.21. The monoisotopic (exact) mass is 536 g/mol. The van der Waals surface area contributed by atoms with Crippen LogP contribution >= 0.6 is 11.3 Å². The molecule has 2 N–H and O–H groups in total. The number of thiophene rings is 1. The van der Waals surface area contributed by atoms with Gasteiger partial charge in [-0.3, -0.25) is 4.79 Å². The van der Waals surface area contributed by atoms with E-state index in [1.54, 1.807) is 6.92 Å². The third-order valence-electron chi connectivity index (χ3n) is 5.18. The molecule has 0 fully saturated rings. The molecule has 2 aromatic heterocycles. The van der Waals surface area contributed by atoms with Gasteiger partial charge in [-0.2, -0.15) is 4.39 Å². The molecule has 0 aliphatic carbocycles. The summed E-state index contributed by atoms with van der Waals surface area (Å²) in [4.78, 5) is 39.2. The minimum atomic E-state index is -1.38. The van der Waals surface area contributed by atoms with Gasteiger partial charge in [0.15, 0.2) is 11.6 Å². The number of nitrogens with one attached hydrogen (secondary N) is 1. The zero-order chi connectivity index (χ0) is 26.7. The van der Waals surface area contributed by atoms with Crippen molar-refractivity contribution in [3.05, 3.63) is 84.4 Å². The second kappa shape index (κ2) is 10.9. The smallest absolute Gasteiger partial charge is 0.346 e. The van der Waals surface area contributed by atoms with Crippen molar-refractivity contribution in [2.45, 2.75) is 13.5 Å². The molecule has 0 bridgehead atoms. The van der Waals surface area contributed by atoms with Crippen LogP contribution in [0.4, 0.5) is 13.2 Å². The lowest BCUT2D eigenvalue weighted by Gasteiger charge is -2.15. The molecule has 2 heterocycles. The minimum absolute atomic E-state index is 0.00647. The fourth-order valence-corrected chi connectivity index (χ4v) is 4.33. The molecule has 13 heteroatoms. The van der Waals surface area contributed by atoms with Crippen LogP contribution in [0.2, 0.25) is 0 Å². The number of benzene rings is 2. The van der Waals surface area contributed by atoms with E-state index in [2.05, 4.69) is 4.98 Å². The first-order valence-electron chi connectivity index (χ1n) is 10.8. The van der Waals surface area contributed by atoms with E-state index < -0.39 is 52.7 Å². The maximum Gasteiger partial charge on any atom is 0.346 e. The van der Waals surface area contributed by atoms with Gasteiger partial charge in [0.25, 0.3) is 5.56 Å². The van der Waals surface area contributed by atoms with Gasteiger partial charge in [0.2, 0.25) is 11.6 Å². The van der Waals surface area contributed by atoms with E-state index in [0.717, 1.165) is 29.5 Å². The molecule has 0 radical (unpaired) electrons. The Labute approximate surface area is 210 Å². The lowest BCUT2D eigenvalue weighted by molar-refractivity contribution is 0.0704. The van der Waals surface area contributed by atoms with Crippen molar-refractivity contribution in [2.24, 2.45) is 0 Å². The number of carbonyl (C=O) groups is 1. The van der Waals surface area contributed by atoms with Crippen molar-refractivity contribution < 1.29 is 37.3 Å². The first kappa shape index (κ1) is 26.0. The summed E-state index contributed by atoms with van der Waals surface area (Å²) in [5.41, 5.74) is -2.31. The van der Waals surface area contributed by atoms with Crippen LogP contribution in [-0.4, -0.2) is 40.4 Å². The molecule has 0 amide bonds. The molecular weight excluding hydrogens is 517 g/mol. The Balaban J connectivity index is 1.68. The predicted octanol–water partition coefficient (Wildman–Crippen LogP) is 3.85. The number of H-pyrrole nitrogens is 1. The van der Waals surface area contributed by atoms with Gasteiger partial charge < -0.3 is 24.3 Å². The lowest BCUT2D eigenvalue weighted by Crippen LogP contribution is -2.34. The van der Waals surface area contributed by atoms with Crippen LogP contribution in [0.1, 0.15) is 22.2 Å². The molecule has 37 heavy (non-hydrogen) atoms. The van der Waals surface area contributed by atoms with Crippen LogP contribution < -0.4 is 20.7 Å². The number of halogens is 3. The molecular formula is C24H19F3N2O7S. The topological polar surface area (TPSA) is 120 Å². The Bertz CT molecular complexity index is 1600. The van der Waals surface area contributed by atoms with E-state index in [4.69, 9.17) is 14.2 Å². The number of carboxylic acid groups (broad SMARTS) is 1. The summed E-state index contributed by atoms with van der Waals surface area (Å²) in [6, 6.07) is 5.38. The summed E-state index contributed by atoms with van der Waals surface area (Å²) in [5, 5.41) is 10.4. The SMILES string of the molecule is CCOCCOc1ccc(F)c(F)c1OCc1ccc(F)c(-n2c(=O)[nH]c3csc(C(=O)O)c3c2=O)c1. The van der Waals surface area contributed by atoms with Crippen LogP contribution in [0.5, 0.6) is 11.5 Å². The molecule has 0 spiro atoms. The van der Waals surface area contributed by atoms with Crippen molar-refractivity contribution in [1.82, 2.24) is 9.55 Å². The number of rotatable bonds is 10. The number of hydrogen-bond acceptors (Lipinski definition) is 7. The van der Waals surface area contributed by atoms with Gasteiger partial charge in [-0.05, 0) is 36.8 Å². The highest BCUT2D eigenvalue weighted by molar-refractivity contribution is 7.13. The van der Waals surface area contributed by atoms with Crippen LogP contribution in [0, 0.1) is 17.5 Å². The Morgan fingerprint density at radius 3 is 2.57 bits per heavy atom. The molecule has 194 valence electrons. The van der Waals surface area contributed by atoms with Gasteiger partial charge in [-0.25, -0.2) is 22.9 Å². The summed E-state index contributed by atoms with van der Waals surface area (Å²) >= 11 is 0.740. The number of aromatic carboxylic acids is 1. The van der Waals surface area contributed by atoms with Gasteiger partial charge >= 0.3 is 11.7 Å². The average Bonchev–Trinajstić information content (AvgIpc) is 3.29. The van der Waals surface area contributed by atoms with Crippen molar-refractivity contribution in [3.63, 3.8) is 0 Å². The maximum atomic E-state index is 14.7. The number of aromatic nitrogens is 2. The standard InChI is InChI=1S/C24H19F3N2O7S/c1-2-34-7-8-35-17-6-5-14(26)19(27)20(17)36-10-12-3-4-13(25)16(9-12)29-22(30)18-15(28-24(29)33)11-37-21(18)23(31)32/h3-6,9,11H,2,7-8,10H2,1H3,(H,28,33)(H,31,32). The largest absolute Gasteiger partial charge is 0.487 e. The quantitative estimate of drug-likeness (QED) is 0.296. The summed E-state index contributed by atoms with van der Waals surface area (Å²) < 4.78 is 59.5. The average molecular weight is 536 g/mol. The zero-order valence-corrected chi connectivity index (χ0v) is 20.0. The highest BCUT2D eigenvalue weighted by Crippen LogP contribution is 2.33. The summed E-state index contributed by atoms with van der Waals surface area (Å²) in [5.74, 6) is -5.42. The third kappa shape index (κ3) is 5.22. The number of carboxylic acids is 1. The van der Waals surface area contributed by atoms with Gasteiger partial charge in [0.05, 0.1) is 23.2 Å². The van der Waals surface area contributed by atoms with Crippen molar-refractivity contribution in [1.29, 1.82) is 0 Å². The first-order chi connectivity index (χ1) is 17.7. The second-order valence-electron chi connectivity index (χ2n) is 7.54. The molecule has 4 aromatic rings. The first-order valence-corrected chi connectivity index (χ1v) is 11.7. The lowest BCUT2D eigenvalue weighted by atomic mass is 10.2. The van der Waals surface area contributed by atoms with E-state index in [-0.39, 0.29) is 40.3 Å². The van der Waals surface area contributed by atoms with E-state index >= 15 is 0 Å². The molecule has 0 unspecified atom stereocenters. The van der Waals surface area contributed by atoms with Crippen LogP contribution in [0.3, 0.4) is 0 Å². The van der Waals surface area contributed by atoms with Crippen molar-refractivity contribution >= 4 is 28.2 Å². The van der Waals surface area contributed by atoms with Crippen molar-refractivity contribution in [3.8, 4) is 17.2 Å². The highest BCUT2D eigenvalue weighted by atomic mass is 32.1. The second-order valence-corrected chi connectivity index (χ2v) is 8.42. The van der Waals surface area contributed by atoms with Crippen molar-refractivity contribution in [2.75, 3.05) is 19.8 Å². The fraction of sp³-hybridized carbons (Fsp3) is 0.208. The molecule has 9 nitrogen and oxygen atoms in total. The van der Waals surface area contributed by atoms with Gasteiger partial charge in [-0.1, -0.05) is 6.07 Å². The van der Waals surface area contributed by atoms with Gasteiger partial charge in [-0.15, -0.1) is 11.3 Å². The summed E-state index contributed by atoms with van der Waals surface area (Å²) in [6.07, 6.45) is 0. The third-order valence-corrected chi connectivity index (χ3v) is 6.15. The summed E-state index contributed by atoms with van der Waals surface area (Å²) in [6.45, 7) is 2.07.